The van der Waals surface area contributed by atoms with Crippen molar-refractivity contribution in [1.82, 2.24) is 15.0 Å². The van der Waals surface area contributed by atoms with Crippen molar-refractivity contribution in [3.63, 3.8) is 0 Å². The van der Waals surface area contributed by atoms with Gasteiger partial charge in [0.25, 0.3) is 0 Å². The quantitative estimate of drug-likeness (QED) is 0.725. The molecule has 1 fully saturated rings. The molecule has 28 heavy (non-hydrogen) atoms. The lowest BCUT2D eigenvalue weighted by Gasteiger charge is -2.22. The SMILES string of the molecule is [CH2]c1cc2nc(-c3cc(CS(C)(=O)=O)cc(N4CCCOCC4)n3)ccc2[nH]1. The third-order valence-electron chi connectivity index (χ3n) is 4.64. The molecule has 0 aliphatic carbocycles. The zero-order valence-electron chi connectivity index (χ0n) is 15.8. The lowest BCUT2D eigenvalue weighted by Crippen LogP contribution is -2.27. The zero-order valence-corrected chi connectivity index (χ0v) is 16.6. The van der Waals surface area contributed by atoms with Gasteiger partial charge in [-0.25, -0.2) is 18.4 Å². The molecule has 0 aromatic carbocycles. The fourth-order valence-electron chi connectivity index (χ4n) is 3.43. The van der Waals surface area contributed by atoms with Gasteiger partial charge in [0.2, 0.25) is 0 Å². The van der Waals surface area contributed by atoms with E-state index in [0.29, 0.717) is 23.6 Å². The molecule has 7 nitrogen and oxygen atoms in total. The van der Waals surface area contributed by atoms with Crippen molar-refractivity contribution in [3.05, 3.63) is 48.5 Å². The molecule has 0 saturated carbocycles. The highest BCUT2D eigenvalue weighted by atomic mass is 32.2. The van der Waals surface area contributed by atoms with Crippen molar-refractivity contribution >= 4 is 26.7 Å². The second-order valence-electron chi connectivity index (χ2n) is 7.17. The molecule has 1 aliphatic rings. The fourth-order valence-corrected chi connectivity index (χ4v) is 4.21. The van der Waals surface area contributed by atoms with Gasteiger partial charge in [0, 0.05) is 31.6 Å². The Morgan fingerprint density at radius 3 is 2.82 bits per heavy atom. The van der Waals surface area contributed by atoms with Crippen LogP contribution in [0.1, 0.15) is 17.7 Å². The van der Waals surface area contributed by atoms with E-state index in [2.05, 4.69) is 21.8 Å². The average molecular weight is 399 g/mol. The number of nitrogens with zero attached hydrogens (tertiary/aromatic N) is 3. The number of hydrogen-bond acceptors (Lipinski definition) is 6. The van der Waals surface area contributed by atoms with Crippen LogP contribution in [0.2, 0.25) is 0 Å². The van der Waals surface area contributed by atoms with Gasteiger partial charge in [-0.1, -0.05) is 0 Å². The van der Waals surface area contributed by atoms with E-state index in [4.69, 9.17) is 9.72 Å². The molecule has 3 aromatic rings. The summed E-state index contributed by atoms with van der Waals surface area (Å²) in [6, 6.07) is 9.38. The molecule has 147 valence electrons. The Labute approximate surface area is 164 Å². The van der Waals surface area contributed by atoms with Crippen molar-refractivity contribution < 1.29 is 13.2 Å². The van der Waals surface area contributed by atoms with E-state index in [9.17, 15) is 8.42 Å². The third kappa shape index (κ3) is 4.34. The Bertz CT molecular complexity index is 1100. The van der Waals surface area contributed by atoms with Crippen LogP contribution >= 0.6 is 0 Å². The van der Waals surface area contributed by atoms with Gasteiger partial charge in [0.05, 0.1) is 34.8 Å². The van der Waals surface area contributed by atoms with Crippen molar-refractivity contribution in [3.8, 4) is 11.4 Å². The molecule has 0 amide bonds. The summed E-state index contributed by atoms with van der Waals surface area (Å²) in [5.41, 5.74) is 4.59. The predicted octanol–water partition coefficient (Wildman–Crippen LogP) is 2.58. The highest BCUT2D eigenvalue weighted by molar-refractivity contribution is 7.89. The van der Waals surface area contributed by atoms with Crippen molar-refractivity contribution in [2.75, 3.05) is 37.5 Å². The second-order valence-corrected chi connectivity index (χ2v) is 9.31. The number of pyridine rings is 2. The number of fused-ring (bicyclic) bond motifs is 1. The van der Waals surface area contributed by atoms with Crippen molar-refractivity contribution in [2.24, 2.45) is 0 Å². The fraction of sp³-hybridized carbons (Fsp3) is 0.350. The normalized spacial score (nSPS) is 15.7. The van der Waals surface area contributed by atoms with E-state index >= 15 is 0 Å². The number of anilines is 1. The maximum Gasteiger partial charge on any atom is 0.151 e. The van der Waals surface area contributed by atoms with E-state index in [1.807, 2.05) is 30.3 Å². The molecule has 4 heterocycles. The average Bonchev–Trinajstić information content (AvgIpc) is 2.81. The lowest BCUT2D eigenvalue weighted by atomic mass is 10.1. The minimum atomic E-state index is -3.17. The van der Waals surface area contributed by atoms with Gasteiger partial charge in [-0.2, -0.15) is 0 Å². The summed E-state index contributed by atoms with van der Waals surface area (Å²) >= 11 is 0. The summed E-state index contributed by atoms with van der Waals surface area (Å²) in [5.74, 6) is 0.727. The zero-order chi connectivity index (χ0) is 19.7. The number of nitrogens with one attached hydrogen (secondary N) is 1. The van der Waals surface area contributed by atoms with E-state index in [-0.39, 0.29) is 5.75 Å². The van der Waals surface area contributed by atoms with Gasteiger partial charge in [0.1, 0.15) is 5.82 Å². The number of sulfone groups is 1. The van der Waals surface area contributed by atoms with Crippen LogP contribution in [-0.2, 0) is 20.3 Å². The van der Waals surface area contributed by atoms with Crippen molar-refractivity contribution in [1.29, 1.82) is 0 Å². The molecule has 0 spiro atoms. The monoisotopic (exact) mass is 399 g/mol. The second kappa shape index (κ2) is 7.52. The molecule has 8 heteroatoms. The number of aromatic amines is 1. The summed E-state index contributed by atoms with van der Waals surface area (Å²) < 4.78 is 29.3. The van der Waals surface area contributed by atoms with E-state index < -0.39 is 9.84 Å². The topological polar surface area (TPSA) is 88.2 Å². The van der Waals surface area contributed by atoms with Gasteiger partial charge >= 0.3 is 0 Å². The van der Waals surface area contributed by atoms with Crippen LogP contribution in [0.5, 0.6) is 0 Å². The van der Waals surface area contributed by atoms with E-state index in [1.165, 1.54) is 6.26 Å². The summed E-state index contributed by atoms with van der Waals surface area (Å²) in [4.78, 5) is 14.8. The third-order valence-corrected chi connectivity index (χ3v) is 5.50. The maximum atomic E-state index is 11.9. The summed E-state index contributed by atoms with van der Waals surface area (Å²) in [6.07, 6.45) is 2.15. The maximum absolute atomic E-state index is 11.9. The van der Waals surface area contributed by atoms with Crippen LogP contribution in [0, 0.1) is 6.92 Å². The Balaban J connectivity index is 1.79. The minimum absolute atomic E-state index is 0.0325. The van der Waals surface area contributed by atoms with E-state index in [1.54, 1.807) is 0 Å². The van der Waals surface area contributed by atoms with Gasteiger partial charge in [0.15, 0.2) is 9.84 Å². The first-order valence-corrected chi connectivity index (χ1v) is 11.3. The van der Waals surface area contributed by atoms with Crippen molar-refractivity contribution in [2.45, 2.75) is 12.2 Å². The molecule has 3 aromatic heterocycles. The Kier molecular flexibility index (Phi) is 5.07. The van der Waals surface area contributed by atoms with Crippen LogP contribution in [0.15, 0.2) is 30.3 Å². The molecule has 1 aliphatic heterocycles. The summed E-state index contributed by atoms with van der Waals surface area (Å²) in [5, 5.41) is 0. The van der Waals surface area contributed by atoms with Gasteiger partial charge in [-0.3, -0.25) is 0 Å². The van der Waals surface area contributed by atoms with E-state index in [0.717, 1.165) is 48.7 Å². The number of aromatic nitrogens is 3. The van der Waals surface area contributed by atoms with Crippen LogP contribution in [0.4, 0.5) is 5.82 Å². The first kappa shape index (κ1) is 18.9. The lowest BCUT2D eigenvalue weighted by molar-refractivity contribution is 0.152. The molecule has 0 unspecified atom stereocenters. The molecule has 1 N–H and O–H groups in total. The first-order chi connectivity index (χ1) is 13.4. The van der Waals surface area contributed by atoms with Crippen LogP contribution in [0.3, 0.4) is 0 Å². The van der Waals surface area contributed by atoms with Gasteiger partial charge in [-0.05, 0) is 49.2 Å². The molecule has 1 saturated heterocycles. The highest BCUT2D eigenvalue weighted by Crippen LogP contribution is 2.25. The molecule has 1 radical (unpaired) electrons. The molecule has 0 bridgehead atoms. The number of H-pyrrole nitrogens is 1. The van der Waals surface area contributed by atoms with Gasteiger partial charge in [-0.15, -0.1) is 0 Å². The number of rotatable bonds is 4. The highest BCUT2D eigenvalue weighted by Gasteiger charge is 2.16. The predicted molar refractivity (Wildman–Crippen MR) is 110 cm³/mol. The largest absolute Gasteiger partial charge is 0.380 e. The smallest absolute Gasteiger partial charge is 0.151 e. The Morgan fingerprint density at radius 2 is 2.00 bits per heavy atom. The number of ether oxygens (including phenoxy) is 1. The molecular weight excluding hydrogens is 376 g/mol. The molecular formula is C20H23N4O3S. The Morgan fingerprint density at radius 1 is 1.14 bits per heavy atom. The first-order valence-electron chi connectivity index (χ1n) is 9.21. The molecule has 0 atom stereocenters. The Hall–Kier alpha value is -2.45. The minimum Gasteiger partial charge on any atom is -0.380 e. The standard InChI is InChI=1S/C20H23N4O3S/c1-14-10-18-16(21-14)4-5-17(22-18)19-11-15(13-28(2,25)26)12-20(23-19)24-6-3-8-27-9-7-24/h4-5,10-12,21H,1,3,6-9,13H2,2H3. The van der Waals surface area contributed by atoms with Crippen LogP contribution < -0.4 is 4.90 Å². The summed E-state index contributed by atoms with van der Waals surface area (Å²) in [7, 11) is -3.17. The van der Waals surface area contributed by atoms with Gasteiger partial charge < -0.3 is 14.6 Å². The molecule has 4 rings (SSSR count). The number of hydrogen-bond donors (Lipinski definition) is 1. The summed E-state index contributed by atoms with van der Waals surface area (Å²) in [6.45, 7) is 6.81. The van der Waals surface area contributed by atoms with Crippen LogP contribution in [-0.4, -0.2) is 55.9 Å². The van der Waals surface area contributed by atoms with Crippen LogP contribution in [0.25, 0.3) is 22.4 Å².